The average molecular weight is 380 g/mol. The summed E-state index contributed by atoms with van der Waals surface area (Å²) in [6.45, 7) is 1.46. The van der Waals surface area contributed by atoms with Gasteiger partial charge < -0.3 is 24.3 Å². The van der Waals surface area contributed by atoms with E-state index in [0.29, 0.717) is 31.3 Å². The number of aromatic nitrogens is 1. The van der Waals surface area contributed by atoms with Crippen LogP contribution in [0.2, 0.25) is 0 Å². The molecule has 0 saturated carbocycles. The molecule has 0 spiro atoms. The first-order chi connectivity index (χ1) is 13.8. The predicted molar refractivity (Wildman–Crippen MR) is 109 cm³/mol. The molecule has 1 heterocycles. The molecule has 146 valence electrons. The third-order valence-electron chi connectivity index (χ3n) is 4.04. The molecular weight excluding hydrogens is 356 g/mol. The molecule has 0 bridgehead atoms. The van der Waals surface area contributed by atoms with Gasteiger partial charge in [-0.2, -0.15) is 0 Å². The van der Waals surface area contributed by atoms with Crippen LogP contribution in [0.1, 0.15) is 5.56 Å². The van der Waals surface area contributed by atoms with Crippen LogP contribution < -0.4 is 24.3 Å². The van der Waals surface area contributed by atoms with E-state index in [-0.39, 0.29) is 0 Å². The molecule has 0 radical (unpaired) electrons. The molecule has 0 saturated heterocycles. The van der Waals surface area contributed by atoms with Crippen LogP contribution in [0.3, 0.4) is 0 Å². The Bertz CT molecular complexity index is 854. The Hall–Kier alpha value is -3.41. The van der Waals surface area contributed by atoms with E-state index in [1.807, 2.05) is 60.7 Å². The second kappa shape index (κ2) is 10.1. The summed E-state index contributed by atoms with van der Waals surface area (Å²) in [6.07, 6.45) is 1.76. The molecule has 0 aliphatic heterocycles. The molecule has 0 atom stereocenters. The van der Waals surface area contributed by atoms with Crippen LogP contribution in [0.5, 0.6) is 23.0 Å². The van der Waals surface area contributed by atoms with E-state index >= 15 is 0 Å². The Labute approximate surface area is 165 Å². The van der Waals surface area contributed by atoms with Crippen LogP contribution >= 0.6 is 0 Å². The Kier molecular flexibility index (Phi) is 6.95. The van der Waals surface area contributed by atoms with Crippen molar-refractivity contribution in [2.75, 3.05) is 32.8 Å². The van der Waals surface area contributed by atoms with E-state index in [4.69, 9.17) is 18.9 Å². The van der Waals surface area contributed by atoms with E-state index in [9.17, 15) is 0 Å². The Morgan fingerprint density at radius 3 is 2.29 bits per heavy atom. The van der Waals surface area contributed by atoms with Crippen LogP contribution in [0.15, 0.2) is 66.9 Å². The Morgan fingerprint density at radius 1 is 0.786 bits per heavy atom. The number of hydrogen-bond acceptors (Lipinski definition) is 6. The second-order valence-electron chi connectivity index (χ2n) is 5.93. The molecule has 1 aromatic heterocycles. The third kappa shape index (κ3) is 5.54. The fourth-order valence-electron chi connectivity index (χ4n) is 2.59. The first-order valence-corrected chi connectivity index (χ1v) is 9.00. The number of ether oxygens (including phenoxy) is 4. The van der Waals surface area contributed by atoms with Crippen molar-refractivity contribution in [3.05, 3.63) is 72.4 Å². The number of benzene rings is 2. The molecule has 6 heteroatoms. The fourth-order valence-corrected chi connectivity index (χ4v) is 2.59. The van der Waals surface area contributed by atoms with Gasteiger partial charge in [-0.05, 0) is 54.1 Å². The second-order valence-corrected chi connectivity index (χ2v) is 5.93. The van der Waals surface area contributed by atoms with Crippen LogP contribution in [0, 0.1) is 0 Å². The summed E-state index contributed by atoms with van der Waals surface area (Å²) in [6, 6.07) is 19.1. The van der Waals surface area contributed by atoms with Gasteiger partial charge in [0.25, 0.3) is 0 Å². The maximum atomic E-state index is 5.87. The molecule has 0 amide bonds. The quantitative estimate of drug-likeness (QED) is 0.533. The largest absolute Gasteiger partial charge is 0.497 e. The van der Waals surface area contributed by atoms with Crippen molar-refractivity contribution >= 4 is 5.82 Å². The highest BCUT2D eigenvalue weighted by Gasteiger charge is 2.07. The zero-order valence-electron chi connectivity index (χ0n) is 16.1. The maximum absolute atomic E-state index is 5.87. The van der Waals surface area contributed by atoms with E-state index in [1.54, 1.807) is 20.4 Å². The van der Waals surface area contributed by atoms with Gasteiger partial charge in [0.05, 0.1) is 14.2 Å². The van der Waals surface area contributed by atoms with Gasteiger partial charge in [0, 0.05) is 12.7 Å². The van der Waals surface area contributed by atoms with Crippen molar-refractivity contribution in [1.82, 2.24) is 4.98 Å². The summed E-state index contributed by atoms with van der Waals surface area (Å²) in [5, 5.41) is 3.28. The molecule has 3 rings (SSSR count). The zero-order valence-corrected chi connectivity index (χ0v) is 16.1. The van der Waals surface area contributed by atoms with Crippen LogP contribution in [-0.2, 0) is 6.54 Å². The summed E-state index contributed by atoms with van der Waals surface area (Å²) < 4.78 is 22.1. The van der Waals surface area contributed by atoms with Crippen molar-refractivity contribution in [1.29, 1.82) is 0 Å². The standard InChI is InChI=1S/C22H24N2O4/c1-25-18-7-9-19(10-8-18)27-13-14-28-21-15-17(6-11-20(21)26-2)16-24-22-5-3-4-12-23-22/h3-12,15H,13-14,16H2,1-2H3,(H,23,24). The molecule has 0 aliphatic carbocycles. The highest BCUT2D eigenvalue weighted by molar-refractivity contribution is 5.44. The normalized spacial score (nSPS) is 10.2. The highest BCUT2D eigenvalue weighted by Crippen LogP contribution is 2.28. The van der Waals surface area contributed by atoms with Gasteiger partial charge in [0.1, 0.15) is 30.5 Å². The van der Waals surface area contributed by atoms with Crippen LogP contribution in [0.25, 0.3) is 0 Å². The van der Waals surface area contributed by atoms with Crippen LogP contribution in [-0.4, -0.2) is 32.4 Å². The molecule has 28 heavy (non-hydrogen) atoms. The molecule has 0 fully saturated rings. The fraction of sp³-hybridized carbons (Fsp3) is 0.227. The molecule has 3 aromatic rings. The number of anilines is 1. The van der Waals surface area contributed by atoms with E-state index in [2.05, 4.69) is 10.3 Å². The van der Waals surface area contributed by atoms with Crippen molar-refractivity contribution in [2.45, 2.75) is 6.54 Å². The zero-order chi connectivity index (χ0) is 19.6. The van der Waals surface area contributed by atoms with Crippen molar-refractivity contribution in [2.24, 2.45) is 0 Å². The minimum Gasteiger partial charge on any atom is -0.497 e. The summed E-state index contributed by atoms with van der Waals surface area (Å²) in [5.41, 5.74) is 1.07. The maximum Gasteiger partial charge on any atom is 0.161 e. The molecular formula is C22H24N2O4. The smallest absolute Gasteiger partial charge is 0.161 e. The first-order valence-electron chi connectivity index (χ1n) is 9.00. The number of pyridine rings is 1. The summed E-state index contributed by atoms with van der Waals surface area (Å²) in [7, 11) is 3.26. The van der Waals surface area contributed by atoms with Crippen LogP contribution in [0.4, 0.5) is 5.82 Å². The lowest BCUT2D eigenvalue weighted by Crippen LogP contribution is -2.10. The topological polar surface area (TPSA) is 61.8 Å². The van der Waals surface area contributed by atoms with Gasteiger partial charge in [0.2, 0.25) is 0 Å². The SMILES string of the molecule is COc1ccc(OCCOc2cc(CNc3ccccn3)ccc2OC)cc1. The van der Waals surface area contributed by atoms with Crippen molar-refractivity contribution in [3.8, 4) is 23.0 Å². The average Bonchev–Trinajstić information content (AvgIpc) is 2.76. The van der Waals surface area contributed by atoms with Gasteiger partial charge in [0.15, 0.2) is 11.5 Å². The number of nitrogens with zero attached hydrogens (tertiary/aromatic N) is 1. The molecule has 0 unspecified atom stereocenters. The molecule has 6 nitrogen and oxygen atoms in total. The van der Waals surface area contributed by atoms with Crippen molar-refractivity contribution in [3.63, 3.8) is 0 Å². The Morgan fingerprint density at radius 2 is 1.57 bits per heavy atom. The number of hydrogen-bond donors (Lipinski definition) is 1. The minimum atomic E-state index is 0.402. The van der Waals surface area contributed by atoms with Gasteiger partial charge in [-0.25, -0.2) is 4.98 Å². The summed E-state index contributed by atoms with van der Waals surface area (Å²) in [4.78, 5) is 4.26. The van der Waals surface area contributed by atoms with Crippen molar-refractivity contribution < 1.29 is 18.9 Å². The minimum absolute atomic E-state index is 0.402. The Balaban J connectivity index is 1.52. The lowest BCUT2D eigenvalue weighted by Gasteiger charge is -2.13. The van der Waals surface area contributed by atoms with E-state index < -0.39 is 0 Å². The van der Waals surface area contributed by atoms with Gasteiger partial charge in [-0.15, -0.1) is 0 Å². The number of nitrogens with one attached hydrogen (secondary N) is 1. The van der Waals surface area contributed by atoms with E-state index in [0.717, 1.165) is 22.9 Å². The molecule has 2 aromatic carbocycles. The summed E-state index contributed by atoms with van der Waals surface area (Å²) >= 11 is 0. The predicted octanol–water partition coefficient (Wildman–Crippen LogP) is 4.17. The number of methoxy groups -OCH3 is 2. The van der Waals surface area contributed by atoms with Gasteiger partial charge >= 0.3 is 0 Å². The first kappa shape index (κ1) is 19.4. The third-order valence-corrected chi connectivity index (χ3v) is 4.04. The highest BCUT2D eigenvalue weighted by atomic mass is 16.5. The summed E-state index contributed by atoms with van der Waals surface area (Å²) in [5.74, 6) is 3.76. The lowest BCUT2D eigenvalue weighted by atomic mass is 10.2. The number of rotatable bonds is 10. The molecule has 0 aliphatic rings. The van der Waals surface area contributed by atoms with Gasteiger partial charge in [-0.1, -0.05) is 12.1 Å². The van der Waals surface area contributed by atoms with E-state index in [1.165, 1.54) is 0 Å². The molecule has 1 N–H and O–H groups in total. The lowest BCUT2D eigenvalue weighted by molar-refractivity contribution is 0.211. The monoisotopic (exact) mass is 380 g/mol. The van der Waals surface area contributed by atoms with Gasteiger partial charge in [-0.3, -0.25) is 0 Å².